The molecular weight excluding hydrogens is 398 g/mol. The fourth-order valence-electron chi connectivity index (χ4n) is 4.35. The van der Waals surface area contributed by atoms with Gasteiger partial charge in [-0.1, -0.05) is 18.6 Å². The van der Waals surface area contributed by atoms with Gasteiger partial charge in [0.15, 0.2) is 0 Å². The van der Waals surface area contributed by atoms with Gasteiger partial charge in [-0.2, -0.15) is 0 Å². The third-order valence-electron chi connectivity index (χ3n) is 6.46. The Morgan fingerprint density at radius 3 is 2.72 bits per heavy atom. The highest BCUT2D eigenvalue weighted by Gasteiger charge is 2.18. The largest absolute Gasteiger partial charge is 0.497 e. The monoisotopic (exact) mass is 429 g/mol. The molecule has 166 valence electrons. The van der Waals surface area contributed by atoms with E-state index >= 15 is 0 Å². The molecule has 3 aromatic rings. The number of hydrogen-bond donors (Lipinski definition) is 2. The van der Waals surface area contributed by atoms with Crippen molar-refractivity contribution in [2.75, 3.05) is 12.4 Å². The Hall–Kier alpha value is -3.34. The number of benzene rings is 1. The van der Waals surface area contributed by atoms with Gasteiger partial charge in [0.05, 0.1) is 19.0 Å². The number of nitrogens with one attached hydrogen (secondary N) is 2. The van der Waals surface area contributed by atoms with Gasteiger partial charge >= 0.3 is 0 Å². The van der Waals surface area contributed by atoms with Gasteiger partial charge in [0.25, 0.3) is 5.91 Å². The highest BCUT2D eigenvalue weighted by atomic mass is 16.5. The molecule has 1 aliphatic carbocycles. The van der Waals surface area contributed by atoms with Gasteiger partial charge < -0.3 is 15.0 Å². The van der Waals surface area contributed by atoms with Crippen molar-refractivity contribution < 1.29 is 9.53 Å². The second-order valence-corrected chi connectivity index (χ2v) is 8.54. The lowest BCUT2D eigenvalue weighted by atomic mass is 9.87. The summed E-state index contributed by atoms with van der Waals surface area (Å²) in [5.74, 6) is 1.40. The summed E-state index contributed by atoms with van der Waals surface area (Å²) in [6, 6.07) is 11.9. The standard InChI is InChI=1S/C27H31N3O2/c1-5-19-7-6-8-24(18(3)17(2)13-19)27(31)29-22-14-21-15-25(30-26(21)28-16-22)20-9-11-23(32-4)12-10-20/h9-16,19H,5-8H2,1-4H3,(H,28,30)(H,29,31). The average Bonchev–Trinajstić information content (AvgIpc) is 3.23. The first kappa shape index (κ1) is 21.9. The first-order valence-electron chi connectivity index (χ1n) is 11.3. The minimum Gasteiger partial charge on any atom is -0.497 e. The van der Waals surface area contributed by atoms with E-state index in [1.54, 1.807) is 13.3 Å². The van der Waals surface area contributed by atoms with Crippen LogP contribution in [0.3, 0.4) is 0 Å². The number of rotatable bonds is 5. The van der Waals surface area contributed by atoms with Crippen molar-refractivity contribution in [3.63, 3.8) is 0 Å². The van der Waals surface area contributed by atoms with Crippen LogP contribution in [-0.2, 0) is 4.79 Å². The van der Waals surface area contributed by atoms with Crippen molar-refractivity contribution in [3.8, 4) is 17.0 Å². The summed E-state index contributed by atoms with van der Waals surface area (Å²) in [5, 5.41) is 4.03. The lowest BCUT2D eigenvalue weighted by Gasteiger charge is -2.20. The summed E-state index contributed by atoms with van der Waals surface area (Å²) in [4.78, 5) is 21.0. The highest BCUT2D eigenvalue weighted by molar-refractivity contribution is 6.05. The normalized spacial score (nSPS) is 17.0. The quantitative estimate of drug-likeness (QED) is 0.477. The molecular formula is C27H31N3O2. The van der Waals surface area contributed by atoms with E-state index < -0.39 is 0 Å². The Morgan fingerprint density at radius 2 is 2.00 bits per heavy atom. The van der Waals surface area contributed by atoms with Gasteiger partial charge in [-0.25, -0.2) is 4.98 Å². The lowest BCUT2D eigenvalue weighted by Crippen LogP contribution is -2.17. The number of ether oxygens (including phenoxy) is 1. The second-order valence-electron chi connectivity index (χ2n) is 8.54. The summed E-state index contributed by atoms with van der Waals surface area (Å²) < 4.78 is 5.24. The minimum absolute atomic E-state index is 0.0303. The SMILES string of the molecule is CCC1C=C(C)C(C)=C(C(=O)Nc2cnc3[nH]c(-c4ccc(OC)cc4)cc3c2)CCC1. The van der Waals surface area contributed by atoms with Gasteiger partial charge in [-0.15, -0.1) is 0 Å². The summed E-state index contributed by atoms with van der Waals surface area (Å²) in [7, 11) is 1.66. The Bertz CT molecular complexity index is 1190. The molecule has 0 radical (unpaired) electrons. The van der Waals surface area contributed by atoms with Crippen molar-refractivity contribution in [2.45, 2.75) is 46.5 Å². The predicted molar refractivity (Wildman–Crippen MR) is 131 cm³/mol. The number of pyridine rings is 1. The maximum absolute atomic E-state index is 13.1. The number of anilines is 1. The average molecular weight is 430 g/mol. The smallest absolute Gasteiger partial charge is 0.251 e. The molecule has 1 unspecified atom stereocenters. The summed E-state index contributed by atoms with van der Waals surface area (Å²) in [6.07, 6.45) is 8.15. The van der Waals surface area contributed by atoms with E-state index in [9.17, 15) is 4.79 Å². The molecule has 1 amide bonds. The maximum atomic E-state index is 13.1. The number of H-pyrrole nitrogens is 1. The first-order valence-corrected chi connectivity index (χ1v) is 11.3. The molecule has 0 spiro atoms. The topological polar surface area (TPSA) is 67.0 Å². The fourth-order valence-corrected chi connectivity index (χ4v) is 4.35. The summed E-state index contributed by atoms with van der Waals surface area (Å²) in [5.41, 5.74) is 6.71. The molecule has 5 heteroatoms. The zero-order valence-electron chi connectivity index (χ0n) is 19.3. The van der Waals surface area contributed by atoms with Crippen molar-refractivity contribution in [1.29, 1.82) is 0 Å². The Balaban J connectivity index is 1.56. The predicted octanol–water partition coefficient (Wildman–Crippen LogP) is 6.65. The van der Waals surface area contributed by atoms with Gasteiger partial charge in [-0.3, -0.25) is 4.79 Å². The highest BCUT2D eigenvalue weighted by Crippen LogP contribution is 2.29. The number of fused-ring (bicyclic) bond motifs is 1. The third-order valence-corrected chi connectivity index (χ3v) is 6.46. The molecule has 0 saturated carbocycles. The number of amides is 1. The molecule has 32 heavy (non-hydrogen) atoms. The van der Waals surface area contributed by atoms with E-state index in [-0.39, 0.29) is 5.91 Å². The number of aromatic nitrogens is 2. The maximum Gasteiger partial charge on any atom is 0.251 e. The Labute approximate surface area is 189 Å². The number of aromatic amines is 1. The number of hydrogen-bond acceptors (Lipinski definition) is 3. The molecule has 0 fully saturated rings. The fraction of sp³-hybridized carbons (Fsp3) is 0.333. The van der Waals surface area contributed by atoms with E-state index in [0.29, 0.717) is 11.6 Å². The molecule has 1 aromatic carbocycles. The van der Waals surface area contributed by atoms with E-state index in [1.165, 1.54) is 5.57 Å². The molecule has 2 N–H and O–H groups in total. The Morgan fingerprint density at radius 1 is 1.22 bits per heavy atom. The Kier molecular flexibility index (Phi) is 6.45. The lowest BCUT2D eigenvalue weighted by molar-refractivity contribution is -0.113. The second kappa shape index (κ2) is 9.43. The van der Waals surface area contributed by atoms with Crippen LogP contribution in [0.5, 0.6) is 5.75 Å². The van der Waals surface area contributed by atoms with Crippen molar-refractivity contribution in [3.05, 3.63) is 65.4 Å². The van der Waals surface area contributed by atoms with Crippen LogP contribution in [-0.4, -0.2) is 23.0 Å². The van der Waals surface area contributed by atoms with Crippen LogP contribution in [0.4, 0.5) is 5.69 Å². The molecule has 0 aliphatic heterocycles. The van der Waals surface area contributed by atoms with Gasteiger partial charge in [0.2, 0.25) is 0 Å². The molecule has 0 saturated heterocycles. The summed E-state index contributed by atoms with van der Waals surface area (Å²) >= 11 is 0. The molecule has 1 atom stereocenters. The van der Waals surface area contributed by atoms with Crippen LogP contribution in [0.15, 0.2) is 65.4 Å². The van der Waals surface area contributed by atoms with Crippen molar-refractivity contribution >= 4 is 22.6 Å². The number of carbonyl (C=O) groups excluding carboxylic acids is 1. The van der Waals surface area contributed by atoms with Crippen LogP contribution in [0, 0.1) is 5.92 Å². The van der Waals surface area contributed by atoms with Crippen LogP contribution in [0.25, 0.3) is 22.3 Å². The van der Waals surface area contributed by atoms with Crippen molar-refractivity contribution in [2.24, 2.45) is 5.92 Å². The minimum atomic E-state index is -0.0303. The van der Waals surface area contributed by atoms with E-state index in [2.05, 4.69) is 48.2 Å². The molecule has 2 heterocycles. The van der Waals surface area contributed by atoms with Crippen LogP contribution in [0.2, 0.25) is 0 Å². The molecule has 1 aliphatic rings. The number of methoxy groups -OCH3 is 1. The van der Waals surface area contributed by atoms with E-state index in [4.69, 9.17) is 4.74 Å². The zero-order valence-corrected chi connectivity index (χ0v) is 19.3. The molecule has 0 bridgehead atoms. The number of allylic oxidation sites excluding steroid dienone is 3. The van der Waals surface area contributed by atoms with Crippen LogP contribution in [0.1, 0.15) is 46.5 Å². The molecule has 4 rings (SSSR count). The number of carbonyl (C=O) groups is 1. The van der Waals surface area contributed by atoms with Gasteiger partial charge in [0, 0.05) is 16.7 Å². The van der Waals surface area contributed by atoms with Gasteiger partial charge in [0.1, 0.15) is 11.4 Å². The first-order chi connectivity index (χ1) is 15.5. The number of nitrogens with zero attached hydrogens (tertiary/aromatic N) is 1. The zero-order chi connectivity index (χ0) is 22.7. The van der Waals surface area contributed by atoms with E-state index in [1.807, 2.05) is 30.3 Å². The molecule has 5 nitrogen and oxygen atoms in total. The van der Waals surface area contributed by atoms with E-state index in [0.717, 1.165) is 64.9 Å². The van der Waals surface area contributed by atoms with Crippen molar-refractivity contribution in [1.82, 2.24) is 9.97 Å². The van der Waals surface area contributed by atoms with Gasteiger partial charge in [-0.05, 0) is 93.0 Å². The van der Waals surface area contributed by atoms with Crippen LogP contribution < -0.4 is 10.1 Å². The van der Waals surface area contributed by atoms with Crippen LogP contribution >= 0.6 is 0 Å². The summed E-state index contributed by atoms with van der Waals surface area (Å²) in [6.45, 7) is 6.41. The third kappa shape index (κ3) is 4.62. The molecule has 2 aromatic heterocycles.